The van der Waals surface area contributed by atoms with Gasteiger partial charge in [-0.25, -0.2) is 17.5 Å². The Morgan fingerprint density at radius 2 is 1.95 bits per heavy atom. The van der Waals surface area contributed by atoms with E-state index in [9.17, 15) is 18.0 Å². The van der Waals surface area contributed by atoms with E-state index in [1.807, 2.05) is 0 Å². The van der Waals surface area contributed by atoms with Crippen LogP contribution in [0.4, 0.5) is 5.69 Å². The number of aromatic carboxylic acids is 1. The van der Waals surface area contributed by atoms with Crippen LogP contribution in [0.25, 0.3) is 0 Å². The molecule has 4 N–H and O–H groups in total. The number of nitrogens with one attached hydrogen (secondary N) is 1. The zero-order valence-corrected chi connectivity index (χ0v) is 11.8. The number of carboxylic acids is 1. The molecule has 1 amide bonds. The summed E-state index contributed by atoms with van der Waals surface area (Å²) < 4.78 is 24.8. The summed E-state index contributed by atoms with van der Waals surface area (Å²) in [5.74, 6) is -1.97. The number of benzene rings is 1. The van der Waals surface area contributed by atoms with Crippen molar-refractivity contribution in [2.75, 3.05) is 26.0 Å². The van der Waals surface area contributed by atoms with Gasteiger partial charge in [0, 0.05) is 19.8 Å². The number of amides is 1. The fourth-order valence-electron chi connectivity index (χ4n) is 1.41. The van der Waals surface area contributed by atoms with E-state index in [1.165, 1.54) is 26.2 Å². The predicted molar refractivity (Wildman–Crippen MR) is 72.0 cm³/mol. The number of sulfonamides is 1. The monoisotopic (exact) mass is 301 g/mol. The van der Waals surface area contributed by atoms with Gasteiger partial charge in [0.2, 0.25) is 15.9 Å². The first-order chi connectivity index (χ1) is 9.16. The molecule has 0 saturated heterocycles. The van der Waals surface area contributed by atoms with Crippen molar-refractivity contribution in [2.45, 2.75) is 4.90 Å². The molecule has 0 aliphatic carbocycles. The summed E-state index contributed by atoms with van der Waals surface area (Å²) in [5.41, 5.74) is 4.82. The first-order valence-corrected chi connectivity index (χ1v) is 6.92. The van der Waals surface area contributed by atoms with E-state index < -0.39 is 21.9 Å². The standard InChI is InChI=1S/C11H15N3O5S/c1-14(2)20(18,19)7-3-4-9(13-6-10(12)15)8(5-7)11(16)17/h3-5,13H,6H2,1-2H3,(H2,12,15)(H,16,17). The van der Waals surface area contributed by atoms with Gasteiger partial charge in [-0.05, 0) is 18.2 Å². The van der Waals surface area contributed by atoms with Gasteiger partial charge in [-0.3, -0.25) is 4.79 Å². The molecular formula is C11H15N3O5S. The third kappa shape index (κ3) is 3.45. The SMILES string of the molecule is CN(C)S(=O)(=O)c1ccc(NCC(N)=O)c(C(=O)O)c1. The Balaban J connectivity index is 3.27. The van der Waals surface area contributed by atoms with Gasteiger partial charge in [0.05, 0.1) is 17.0 Å². The Hall–Kier alpha value is -2.13. The van der Waals surface area contributed by atoms with Gasteiger partial charge >= 0.3 is 5.97 Å². The van der Waals surface area contributed by atoms with Gasteiger partial charge in [0.15, 0.2) is 0 Å². The largest absolute Gasteiger partial charge is 0.478 e. The number of nitrogens with zero attached hydrogens (tertiary/aromatic N) is 1. The molecule has 0 aliphatic rings. The van der Waals surface area contributed by atoms with E-state index >= 15 is 0 Å². The van der Waals surface area contributed by atoms with Crippen LogP contribution < -0.4 is 11.1 Å². The van der Waals surface area contributed by atoms with E-state index in [0.29, 0.717) is 0 Å². The molecule has 0 spiro atoms. The van der Waals surface area contributed by atoms with Crippen LogP contribution in [-0.2, 0) is 14.8 Å². The Morgan fingerprint density at radius 1 is 1.35 bits per heavy atom. The molecular weight excluding hydrogens is 286 g/mol. The summed E-state index contributed by atoms with van der Waals surface area (Å²) in [7, 11) is -1.05. The molecule has 0 atom stereocenters. The molecule has 110 valence electrons. The Morgan fingerprint density at radius 3 is 2.40 bits per heavy atom. The third-order valence-corrected chi connectivity index (χ3v) is 4.26. The summed E-state index contributed by atoms with van der Waals surface area (Å²) >= 11 is 0. The highest BCUT2D eigenvalue weighted by Crippen LogP contribution is 2.22. The zero-order valence-electron chi connectivity index (χ0n) is 11.0. The van der Waals surface area contributed by atoms with Crippen molar-refractivity contribution in [3.63, 3.8) is 0 Å². The summed E-state index contributed by atoms with van der Waals surface area (Å²) in [5, 5.41) is 11.6. The van der Waals surface area contributed by atoms with Gasteiger partial charge in [-0.1, -0.05) is 0 Å². The van der Waals surface area contributed by atoms with E-state index in [4.69, 9.17) is 10.8 Å². The molecule has 9 heteroatoms. The van der Waals surface area contributed by atoms with Crippen LogP contribution in [0.2, 0.25) is 0 Å². The summed E-state index contributed by atoms with van der Waals surface area (Å²) in [4.78, 5) is 21.7. The fraction of sp³-hybridized carbons (Fsp3) is 0.273. The highest BCUT2D eigenvalue weighted by Gasteiger charge is 2.21. The molecule has 0 unspecified atom stereocenters. The minimum absolute atomic E-state index is 0.119. The second-order valence-corrected chi connectivity index (χ2v) is 6.27. The smallest absolute Gasteiger partial charge is 0.337 e. The number of anilines is 1. The Kier molecular flexibility index (Phi) is 4.69. The number of rotatable bonds is 6. The van der Waals surface area contributed by atoms with E-state index in [1.54, 1.807) is 0 Å². The number of carbonyl (C=O) groups excluding carboxylic acids is 1. The van der Waals surface area contributed by atoms with Crippen LogP contribution in [0, 0.1) is 0 Å². The average Bonchev–Trinajstić information content (AvgIpc) is 2.35. The molecule has 1 aromatic carbocycles. The number of nitrogens with two attached hydrogens (primary N) is 1. The van der Waals surface area contributed by atoms with Crippen molar-refractivity contribution >= 4 is 27.6 Å². The van der Waals surface area contributed by atoms with Gasteiger partial charge in [0.25, 0.3) is 0 Å². The maximum absolute atomic E-state index is 11.9. The zero-order chi connectivity index (χ0) is 15.5. The number of primary amides is 1. The van der Waals surface area contributed by atoms with Crippen LogP contribution in [0.1, 0.15) is 10.4 Å². The highest BCUT2D eigenvalue weighted by atomic mass is 32.2. The normalized spacial score (nSPS) is 11.3. The highest BCUT2D eigenvalue weighted by molar-refractivity contribution is 7.89. The molecule has 0 bridgehead atoms. The molecule has 1 rings (SSSR count). The summed E-state index contributed by atoms with van der Waals surface area (Å²) in [6, 6.07) is 3.56. The van der Waals surface area contributed by atoms with Crippen molar-refractivity contribution in [2.24, 2.45) is 5.73 Å². The first kappa shape index (κ1) is 15.9. The lowest BCUT2D eigenvalue weighted by Crippen LogP contribution is -2.24. The number of carbonyl (C=O) groups is 2. The quantitative estimate of drug-likeness (QED) is 0.651. The van der Waals surface area contributed by atoms with Gasteiger partial charge in [-0.15, -0.1) is 0 Å². The number of carboxylic acid groups (broad SMARTS) is 1. The minimum atomic E-state index is -3.73. The van der Waals surface area contributed by atoms with Gasteiger partial charge < -0.3 is 16.2 Å². The topological polar surface area (TPSA) is 130 Å². The van der Waals surface area contributed by atoms with Crippen molar-refractivity contribution in [1.82, 2.24) is 4.31 Å². The minimum Gasteiger partial charge on any atom is -0.478 e. The van der Waals surface area contributed by atoms with E-state index in [2.05, 4.69) is 5.32 Å². The molecule has 8 nitrogen and oxygen atoms in total. The predicted octanol–water partition coefficient (Wildman–Crippen LogP) is -0.468. The average molecular weight is 301 g/mol. The van der Waals surface area contributed by atoms with Gasteiger partial charge in [0.1, 0.15) is 0 Å². The maximum Gasteiger partial charge on any atom is 0.337 e. The van der Waals surface area contributed by atoms with Crippen molar-refractivity contribution in [1.29, 1.82) is 0 Å². The lowest BCUT2D eigenvalue weighted by Gasteiger charge is -2.14. The second-order valence-electron chi connectivity index (χ2n) is 4.12. The maximum atomic E-state index is 11.9. The fourth-order valence-corrected chi connectivity index (χ4v) is 2.34. The molecule has 1 aromatic rings. The molecule has 0 radical (unpaired) electrons. The second kappa shape index (κ2) is 5.88. The Labute approximate surface area is 116 Å². The van der Waals surface area contributed by atoms with Crippen LogP contribution >= 0.6 is 0 Å². The first-order valence-electron chi connectivity index (χ1n) is 5.48. The molecule has 0 fully saturated rings. The summed E-state index contributed by atoms with van der Waals surface area (Å²) in [6.45, 7) is -0.250. The number of hydrogen-bond donors (Lipinski definition) is 3. The number of hydrogen-bond acceptors (Lipinski definition) is 5. The van der Waals surface area contributed by atoms with Gasteiger partial charge in [-0.2, -0.15) is 0 Å². The van der Waals surface area contributed by atoms with Crippen LogP contribution in [0.5, 0.6) is 0 Å². The molecule has 0 heterocycles. The van der Waals surface area contributed by atoms with Crippen LogP contribution in [-0.4, -0.2) is 50.3 Å². The third-order valence-electron chi connectivity index (χ3n) is 2.45. The van der Waals surface area contributed by atoms with Crippen molar-refractivity contribution in [3.05, 3.63) is 23.8 Å². The van der Waals surface area contributed by atoms with Crippen LogP contribution in [0.15, 0.2) is 23.1 Å². The molecule has 0 aliphatic heterocycles. The van der Waals surface area contributed by atoms with E-state index in [-0.39, 0.29) is 22.7 Å². The van der Waals surface area contributed by atoms with Crippen molar-refractivity contribution < 1.29 is 23.1 Å². The van der Waals surface area contributed by atoms with Crippen molar-refractivity contribution in [3.8, 4) is 0 Å². The lowest BCUT2D eigenvalue weighted by molar-refractivity contribution is -0.116. The molecule has 20 heavy (non-hydrogen) atoms. The lowest BCUT2D eigenvalue weighted by atomic mass is 10.2. The summed E-state index contributed by atoms with van der Waals surface area (Å²) in [6.07, 6.45) is 0. The molecule has 0 saturated carbocycles. The van der Waals surface area contributed by atoms with Crippen LogP contribution in [0.3, 0.4) is 0 Å². The Bertz CT molecular complexity index is 639. The molecule has 0 aromatic heterocycles. The van der Waals surface area contributed by atoms with E-state index in [0.717, 1.165) is 10.4 Å².